The normalized spacial score (nSPS) is 16.9. The minimum atomic E-state index is 0.547. The molecule has 136 valence electrons. The van der Waals surface area contributed by atoms with Crippen molar-refractivity contribution < 1.29 is 0 Å². The third-order valence-corrected chi connectivity index (χ3v) is 6.17. The van der Waals surface area contributed by atoms with Gasteiger partial charge in [0.2, 0.25) is 0 Å². The van der Waals surface area contributed by atoms with Crippen LogP contribution in [0.1, 0.15) is 29.5 Å². The van der Waals surface area contributed by atoms with Gasteiger partial charge in [0.15, 0.2) is 0 Å². The molecule has 3 nitrogen and oxygen atoms in total. The molecule has 1 unspecified atom stereocenters. The highest BCUT2D eigenvalue weighted by Crippen LogP contribution is 2.26. The maximum Gasteiger partial charge on any atom is 0.0991 e. The summed E-state index contributed by atoms with van der Waals surface area (Å²) >= 11 is 1.97. The summed E-state index contributed by atoms with van der Waals surface area (Å²) in [6.07, 6.45) is 6.66. The van der Waals surface area contributed by atoms with E-state index in [-0.39, 0.29) is 0 Å². The van der Waals surface area contributed by atoms with Crippen molar-refractivity contribution in [3.63, 3.8) is 0 Å². The maximum absolute atomic E-state index is 9.11. The summed E-state index contributed by atoms with van der Waals surface area (Å²) in [6.45, 7) is 0.957. The molecule has 2 N–H and O–H groups in total. The van der Waals surface area contributed by atoms with Gasteiger partial charge in [-0.05, 0) is 53.5 Å². The average molecular weight is 374 g/mol. The number of nitrogens with zero attached hydrogens (tertiary/aromatic N) is 1. The third-order valence-electron chi connectivity index (χ3n) is 5.13. The molecule has 1 aliphatic heterocycles. The van der Waals surface area contributed by atoms with Gasteiger partial charge in [0.05, 0.1) is 11.6 Å². The second kappa shape index (κ2) is 8.47. The summed E-state index contributed by atoms with van der Waals surface area (Å²) in [4.78, 5) is 3.31. The Morgan fingerprint density at radius 3 is 2.89 bits per heavy atom. The molecule has 1 aromatic heterocycles. The monoisotopic (exact) mass is 373 g/mol. The first-order valence-electron chi connectivity index (χ1n) is 9.39. The van der Waals surface area contributed by atoms with E-state index in [1.807, 2.05) is 30.0 Å². The molecule has 0 fully saturated rings. The molecule has 2 heterocycles. The number of H-pyrrole nitrogens is 1. The van der Waals surface area contributed by atoms with E-state index in [1.54, 1.807) is 0 Å². The van der Waals surface area contributed by atoms with Gasteiger partial charge >= 0.3 is 0 Å². The minimum Gasteiger partial charge on any atom is -0.361 e. The van der Waals surface area contributed by atoms with Crippen LogP contribution in [0.4, 0.5) is 0 Å². The number of aromatic amines is 1. The summed E-state index contributed by atoms with van der Waals surface area (Å²) in [5.74, 6) is 2.10. The van der Waals surface area contributed by atoms with E-state index in [9.17, 15) is 0 Å². The van der Waals surface area contributed by atoms with Gasteiger partial charge in [0.25, 0.3) is 0 Å². The first-order valence-corrected chi connectivity index (χ1v) is 10.5. The molecule has 4 heteroatoms. The quantitative estimate of drug-likeness (QED) is 0.591. The summed E-state index contributed by atoms with van der Waals surface area (Å²) in [7, 11) is 0. The molecule has 1 aliphatic rings. The SMILES string of the molecule is N#Cc1ccc2[nH]cc(CSCCC3CC(c4ccccc4)=CCN3)c2c1. The lowest BCUT2D eigenvalue weighted by atomic mass is 9.94. The second-order valence-electron chi connectivity index (χ2n) is 6.93. The summed E-state index contributed by atoms with van der Waals surface area (Å²) in [5, 5.41) is 13.9. The van der Waals surface area contributed by atoms with Gasteiger partial charge in [0.1, 0.15) is 0 Å². The zero-order chi connectivity index (χ0) is 18.5. The Labute approximate surface area is 164 Å². The van der Waals surface area contributed by atoms with Crippen molar-refractivity contribution in [1.82, 2.24) is 10.3 Å². The number of thioether (sulfide) groups is 1. The number of rotatable bonds is 6. The number of nitrogens with one attached hydrogen (secondary N) is 2. The predicted octanol–water partition coefficient (Wildman–Crippen LogP) is 5.11. The number of aromatic nitrogens is 1. The Hall–Kier alpha value is -2.48. The van der Waals surface area contributed by atoms with Crippen LogP contribution in [0, 0.1) is 11.3 Å². The van der Waals surface area contributed by atoms with Crippen molar-refractivity contribution in [2.45, 2.75) is 24.6 Å². The fraction of sp³-hybridized carbons (Fsp3) is 0.261. The Kier molecular flexibility index (Phi) is 5.62. The molecule has 0 bridgehead atoms. The molecule has 0 radical (unpaired) electrons. The standard InChI is InChI=1S/C23H23N3S/c24-14-17-6-7-23-22(12-17)20(15-26-23)16-27-11-9-21-13-19(8-10-25-21)18-4-2-1-3-5-18/h1-8,12,15,21,25-26H,9-11,13,16H2. The van der Waals surface area contributed by atoms with Gasteiger partial charge in [-0.2, -0.15) is 17.0 Å². The highest BCUT2D eigenvalue weighted by molar-refractivity contribution is 7.98. The van der Waals surface area contributed by atoms with Crippen molar-refractivity contribution in [3.05, 3.63) is 77.5 Å². The summed E-state index contributed by atoms with van der Waals surface area (Å²) in [5.41, 5.74) is 5.93. The molecular weight excluding hydrogens is 350 g/mol. The molecule has 0 saturated carbocycles. The molecule has 2 aromatic carbocycles. The van der Waals surface area contributed by atoms with Crippen molar-refractivity contribution in [2.24, 2.45) is 0 Å². The van der Waals surface area contributed by atoms with Crippen LogP contribution in [-0.2, 0) is 5.75 Å². The van der Waals surface area contributed by atoms with E-state index >= 15 is 0 Å². The lowest BCUT2D eigenvalue weighted by Gasteiger charge is -2.24. The number of hydrogen-bond acceptors (Lipinski definition) is 3. The smallest absolute Gasteiger partial charge is 0.0991 e. The Balaban J connectivity index is 1.30. The van der Waals surface area contributed by atoms with Gasteiger partial charge < -0.3 is 10.3 Å². The molecule has 0 spiro atoms. The van der Waals surface area contributed by atoms with Crippen LogP contribution in [0.15, 0.2) is 60.8 Å². The van der Waals surface area contributed by atoms with Crippen molar-refractivity contribution in [1.29, 1.82) is 5.26 Å². The van der Waals surface area contributed by atoms with Crippen molar-refractivity contribution in [2.75, 3.05) is 12.3 Å². The second-order valence-corrected chi connectivity index (χ2v) is 8.04. The summed E-state index contributed by atoms with van der Waals surface area (Å²) < 4.78 is 0. The van der Waals surface area contributed by atoms with Gasteiger partial charge in [-0.3, -0.25) is 0 Å². The van der Waals surface area contributed by atoms with E-state index in [1.165, 1.54) is 28.5 Å². The van der Waals surface area contributed by atoms with Gasteiger partial charge in [-0.25, -0.2) is 0 Å². The maximum atomic E-state index is 9.11. The van der Waals surface area contributed by atoms with Crippen LogP contribution >= 0.6 is 11.8 Å². The fourth-order valence-corrected chi connectivity index (χ4v) is 4.69. The lowest BCUT2D eigenvalue weighted by molar-refractivity contribution is 0.525. The number of hydrogen-bond donors (Lipinski definition) is 2. The molecule has 1 atom stereocenters. The Bertz CT molecular complexity index is 982. The zero-order valence-electron chi connectivity index (χ0n) is 15.2. The molecule has 4 rings (SSSR count). The first-order chi connectivity index (χ1) is 13.3. The van der Waals surface area contributed by atoms with Gasteiger partial charge in [0, 0.05) is 35.4 Å². The molecule has 0 saturated heterocycles. The van der Waals surface area contributed by atoms with E-state index < -0.39 is 0 Å². The number of benzene rings is 2. The van der Waals surface area contributed by atoms with Crippen LogP contribution in [-0.4, -0.2) is 23.3 Å². The third kappa shape index (κ3) is 4.27. The largest absolute Gasteiger partial charge is 0.361 e. The number of nitriles is 1. The van der Waals surface area contributed by atoms with Crippen LogP contribution in [0.3, 0.4) is 0 Å². The zero-order valence-corrected chi connectivity index (χ0v) is 16.1. The van der Waals surface area contributed by atoms with Crippen LogP contribution in [0.2, 0.25) is 0 Å². The molecule has 27 heavy (non-hydrogen) atoms. The summed E-state index contributed by atoms with van der Waals surface area (Å²) in [6, 6.07) is 19.3. The van der Waals surface area contributed by atoms with Crippen LogP contribution in [0.5, 0.6) is 0 Å². The minimum absolute atomic E-state index is 0.547. The number of fused-ring (bicyclic) bond motifs is 1. The highest BCUT2D eigenvalue weighted by atomic mass is 32.2. The molecule has 0 amide bonds. The Morgan fingerprint density at radius 1 is 1.15 bits per heavy atom. The molecular formula is C23H23N3S. The topological polar surface area (TPSA) is 51.6 Å². The predicted molar refractivity (Wildman–Crippen MR) is 115 cm³/mol. The van der Waals surface area contributed by atoms with Crippen LogP contribution in [0.25, 0.3) is 16.5 Å². The lowest BCUT2D eigenvalue weighted by Crippen LogP contribution is -2.33. The van der Waals surface area contributed by atoms with Gasteiger partial charge in [-0.15, -0.1) is 0 Å². The Morgan fingerprint density at radius 2 is 2.04 bits per heavy atom. The average Bonchev–Trinajstić information content (AvgIpc) is 3.14. The van der Waals surface area contributed by atoms with Crippen molar-refractivity contribution in [3.8, 4) is 6.07 Å². The van der Waals surface area contributed by atoms with E-state index in [0.29, 0.717) is 6.04 Å². The van der Waals surface area contributed by atoms with Gasteiger partial charge in [-0.1, -0.05) is 36.4 Å². The van der Waals surface area contributed by atoms with E-state index in [0.717, 1.165) is 35.6 Å². The highest BCUT2D eigenvalue weighted by Gasteiger charge is 2.15. The van der Waals surface area contributed by atoms with Crippen molar-refractivity contribution >= 4 is 28.2 Å². The molecule has 0 aliphatic carbocycles. The van der Waals surface area contributed by atoms with Crippen LogP contribution < -0.4 is 5.32 Å². The van der Waals surface area contributed by atoms with E-state index in [4.69, 9.17) is 5.26 Å². The molecule has 3 aromatic rings. The first kappa shape index (κ1) is 17.9. The fourth-order valence-electron chi connectivity index (χ4n) is 3.64. The van der Waals surface area contributed by atoms with E-state index in [2.05, 4.69) is 59.0 Å².